The first-order valence-electron chi connectivity index (χ1n) is 10.4. The van der Waals surface area contributed by atoms with Crippen LogP contribution in [0.2, 0.25) is 10.0 Å². The van der Waals surface area contributed by atoms with Crippen molar-refractivity contribution in [3.05, 3.63) is 100 Å². The maximum absolute atomic E-state index is 6.32. The lowest BCUT2D eigenvalue weighted by atomic mass is 10.2. The van der Waals surface area contributed by atoms with E-state index in [0.29, 0.717) is 38.8 Å². The molecule has 0 aliphatic heterocycles. The summed E-state index contributed by atoms with van der Waals surface area (Å²) in [6, 6.07) is 20.4. The van der Waals surface area contributed by atoms with Gasteiger partial charge in [0.05, 0.1) is 13.4 Å². The normalized spacial score (nSPS) is 11.4. The number of hydrogen-bond acceptors (Lipinski definition) is 5. The minimum Gasteiger partial charge on any atom is -0.493 e. The number of hydrogen-bond donors (Lipinski definition) is 0. The van der Waals surface area contributed by atoms with E-state index in [-0.39, 0.29) is 6.61 Å². The van der Waals surface area contributed by atoms with Crippen molar-refractivity contribution in [1.29, 1.82) is 0 Å². The summed E-state index contributed by atoms with van der Waals surface area (Å²) in [5.41, 5.74) is 2.95. The number of aliphatic imine (C=N–C) groups is 1. The lowest BCUT2D eigenvalue weighted by molar-refractivity contribution is 0.284. The molecule has 0 aliphatic carbocycles. The van der Waals surface area contributed by atoms with Crippen molar-refractivity contribution in [3.63, 3.8) is 0 Å². The molecule has 0 saturated heterocycles. The summed E-state index contributed by atoms with van der Waals surface area (Å²) < 4.78 is 19.2. The van der Waals surface area contributed by atoms with Crippen LogP contribution in [-0.4, -0.2) is 22.7 Å². The quantitative estimate of drug-likeness (QED) is 0.225. The monoisotopic (exact) mass is 491 g/mol. The number of aromatic nitrogens is 2. The molecule has 0 N–H and O–H groups in total. The molecule has 0 spiro atoms. The average molecular weight is 492 g/mol. The Morgan fingerprint density at radius 2 is 1.97 bits per heavy atom. The van der Waals surface area contributed by atoms with Crippen LogP contribution in [0.3, 0.4) is 0 Å². The third-order valence-electron chi connectivity index (χ3n) is 5.20. The molecule has 5 rings (SSSR count). The molecule has 0 radical (unpaired) electrons. The molecule has 0 saturated carbocycles. The zero-order chi connectivity index (χ0) is 23.5. The molecule has 170 valence electrons. The Hall–Kier alpha value is -3.74. The predicted octanol–water partition coefficient (Wildman–Crippen LogP) is 7.24. The van der Waals surface area contributed by atoms with E-state index in [0.717, 1.165) is 16.8 Å². The van der Waals surface area contributed by atoms with Crippen LogP contribution in [0.15, 0.2) is 88.6 Å². The van der Waals surface area contributed by atoms with Gasteiger partial charge in [0.25, 0.3) is 0 Å². The zero-order valence-corrected chi connectivity index (χ0v) is 19.6. The Labute approximate surface area is 206 Å². The van der Waals surface area contributed by atoms with Gasteiger partial charge in [-0.25, -0.2) is 9.98 Å². The largest absolute Gasteiger partial charge is 0.493 e. The number of benzene rings is 2. The maximum Gasteiger partial charge on any atom is 0.170 e. The first-order valence-corrected chi connectivity index (χ1v) is 11.2. The van der Waals surface area contributed by atoms with Gasteiger partial charge in [0.2, 0.25) is 0 Å². The van der Waals surface area contributed by atoms with Crippen molar-refractivity contribution in [2.45, 2.75) is 6.61 Å². The molecule has 34 heavy (non-hydrogen) atoms. The lowest BCUT2D eigenvalue weighted by Crippen LogP contribution is -2.01. The molecular formula is C26H19Cl2N3O3. The van der Waals surface area contributed by atoms with Gasteiger partial charge < -0.3 is 13.9 Å². The van der Waals surface area contributed by atoms with Gasteiger partial charge in [-0.05, 0) is 48.5 Å². The molecule has 0 unspecified atom stereocenters. The molecule has 0 fully saturated rings. The van der Waals surface area contributed by atoms with E-state index in [1.807, 2.05) is 65.2 Å². The molecule has 0 bridgehead atoms. The van der Waals surface area contributed by atoms with Crippen molar-refractivity contribution < 1.29 is 13.9 Å². The Morgan fingerprint density at radius 3 is 2.76 bits per heavy atom. The van der Waals surface area contributed by atoms with Gasteiger partial charge in [0, 0.05) is 33.6 Å². The number of nitrogens with zero attached hydrogens (tertiary/aromatic N) is 3. The number of pyridine rings is 1. The number of rotatable bonds is 7. The predicted molar refractivity (Wildman–Crippen MR) is 134 cm³/mol. The molecule has 8 heteroatoms. The van der Waals surface area contributed by atoms with Gasteiger partial charge in [0.1, 0.15) is 12.3 Å². The van der Waals surface area contributed by atoms with Crippen LogP contribution in [0.25, 0.3) is 17.1 Å². The second kappa shape index (κ2) is 9.63. The van der Waals surface area contributed by atoms with Crippen molar-refractivity contribution >= 4 is 40.9 Å². The highest BCUT2D eigenvalue weighted by Crippen LogP contribution is 2.34. The van der Waals surface area contributed by atoms with E-state index in [1.54, 1.807) is 31.7 Å². The SMILES string of the molecule is COc1cccc(/C=N/c2c(-c3ccco3)nc3ccccn23)c1OCc1ccc(Cl)cc1Cl. The number of para-hydroxylation sites is 1. The van der Waals surface area contributed by atoms with E-state index >= 15 is 0 Å². The van der Waals surface area contributed by atoms with E-state index in [9.17, 15) is 0 Å². The highest BCUT2D eigenvalue weighted by atomic mass is 35.5. The third-order valence-corrected chi connectivity index (χ3v) is 5.79. The number of fused-ring (bicyclic) bond motifs is 1. The summed E-state index contributed by atoms with van der Waals surface area (Å²) in [6.07, 6.45) is 5.25. The van der Waals surface area contributed by atoms with Crippen LogP contribution in [0.4, 0.5) is 5.82 Å². The summed E-state index contributed by atoms with van der Waals surface area (Å²) >= 11 is 12.3. The topological polar surface area (TPSA) is 61.3 Å². The summed E-state index contributed by atoms with van der Waals surface area (Å²) in [4.78, 5) is 9.47. The molecule has 5 aromatic rings. The van der Waals surface area contributed by atoms with E-state index < -0.39 is 0 Å². The maximum atomic E-state index is 6.32. The van der Waals surface area contributed by atoms with Crippen LogP contribution in [-0.2, 0) is 6.61 Å². The summed E-state index contributed by atoms with van der Waals surface area (Å²) in [6.45, 7) is 0.241. The van der Waals surface area contributed by atoms with Gasteiger partial charge in [-0.1, -0.05) is 41.4 Å². The lowest BCUT2D eigenvalue weighted by Gasteiger charge is -2.14. The minimum absolute atomic E-state index is 0.241. The zero-order valence-electron chi connectivity index (χ0n) is 18.1. The number of furan rings is 1. The van der Waals surface area contributed by atoms with Crippen molar-refractivity contribution in [2.24, 2.45) is 4.99 Å². The fourth-order valence-corrected chi connectivity index (χ4v) is 4.02. The number of halogens is 2. The first kappa shape index (κ1) is 22.1. The Morgan fingerprint density at radius 1 is 1.06 bits per heavy atom. The Balaban J connectivity index is 1.53. The second-order valence-corrected chi connectivity index (χ2v) is 8.20. The fraction of sp³-hybridized carbons (Fsp3) is 0.0769. The molecule has 2 aromatic carbocycles. The Kier molecular flexibility index (Phi) is 6.25. The Bertz CT molecular complexity index is 1480. The molecule has 6 nitrogen and oxygen atoms in total. The number of ether oxygens (including phenoxy) is 2. The highest BCUT2D eigenvalue weighted by Gasteiger charge is 2.16. The van der Waals surface area contributed by atoms with Crippen molar-refractivity contribution in [1.82, 2.24) is 9.38 Å². The van der Waals surface area contributed by atoms with Crippen LogP contribution < -0.4 is 9.47 Å². The van der Waals surface area contributed by atoms with E-state index in [4.69, 9.17) is 47.1 Å². The second-order valence-electron chi connectivity index (χ2n) is 7.35. The first-order chi connectivity index (χ1) is 16.6. The molecule has 0 amide bonds. The fourth-order valence-electron chi connectivity index (χ4n) is 3.55. The molecular weight excluding hydrogens is 473 g/mol. The smallest absolute Gasteiger partial charge is 0.170 e. The number of methoxy groups -OCH3 is 1. The number of imidazole rings is 1. The van der Waals surface area contributed by atoms with Crippen molar-refractivity contribution in [3.8, 4) is 23.0 Å². The summed E-state index contributed by atoms with van der Waals surface area (Å²) in [7, 11) is 1.60. The summed E-state index contributed by atoms with van der Waals surface area (Å²) in [5, 5.41) is 1.10. The van der Waals surface area contributed by atoms with Gasteiger partial charge in [-0.2, -0.15) is 0 Å². The van der Waals surface area contributed by atoms with Crippen LogP contribution in [0.5, 0.6) is 11.5 Å². The summed E-state index contributed by atoms with van der Waals surface area (Å²) in [5.74, 6) is 2.40. The van der Waals surface area contributed by atoms with Gasteiger partial charge in [0.15, 0.2) is 28.8 Å². The molecule has 0 atom stereocenters. The van der Waals surface area contributed by atoms with Gasteiger partial charge in [-0.15, -0.1) is 0 Å². The molecule has 3 heterocycles. The van der Waals surface area contributed by atoms with Gasteiger partial charge >= 0.3 is 0 Å². The van der Waals surface area contributed by atoms with E-state index in [2.05, 4.69) is 0 Å². The van der Waals surface area contributed by atoms with Crippen LogP contribution in [0, 0.1) is 0 Å². The molecule has 3 aromatic heterocycles. The van der Waals surface area contributed by atoms with E-state index in [1.165, 1.54) is 0 Å². The average Bonchev–Trinajstić information content (AvgIpc) is 3.50. The van der Waals surface area contributed by atoms with Crippen LogP contribution in [0.1, 0.15) is 11.1 Å². The molecule has 0 aliphatic rings. The third kappa shape index (κ3) is 4.38. The minimum atomic E-state index is 0.241. The highest BCUT2D eigenvalue weighted by molar-refractivity contribution is 6.35. The standard InChI is InChI=1S/C26H19Cl2N3O3/c1-32-22-7-4-6-17(25(22)34-16-18-10-11-19(27)14-20(18)28)15-29-26-24(21-8-5-13-33-21)30-23-9-2-3-12-31(23)26/h2-15H,16H2,1H3/b29-15+. The van der Waals surface area contributed by atoms with Crippen LogP contribution >= 0.6 is 23.2 Å². The van der Waals surface area contributed by atoms with Crippen molar-refractivity contribution in [2.75, 3.05) is 7.11 Å². The van der Waals surface area contributed by atoms with Gasteiger partial charge in [-0.3, -0.25) is 4.40 Å².